The van der Waals surface area contributed by atoms with Crippen LogP contribution in [-0.4, -0.2) is 70.7 Å². The lowest BCUT2D eigenvalue weighted by molar-refractivity contribution is -0.870. The Labute approximate surface area is 320 Å². The molecule has 2 atom stereocenters. The maximum absolute atomic E-state index is 12.6. The van der Waals surface area contributed by atoms with Gasteiger partial charge in [0, 0.05) is 13.0 Å². The molecule has 52 heavy (non-hydrogen) atoms. The molecule has 0 rings (SSSR count). The van der Waals surface area contributed by atoms with Crippen molar-refractivity contribution in [2.45, 2.75) is 168 Å². The van der Waals surface area contributed by atoms with E-state index in [-0.39, 0.29) is 32.2 Å². The molecule has 0 bridgehead atoms. The number of carbonyl (C=O) groups is 1. The largest absolute Gasteiger partial charge is 0.756 e. The molecule has 304 valence electrons. The molecule has 0 aromatic carbocycles. The Balaban J connectivity index is 4.37. The zero-order chi connectivity index (χ0) is 38.4. The monoisotopic (exact) mass is 754 g/mol. The Hall–Kier alpha value is -1.54. The van der Waals surface area contributed by atoms with Crippen molar-refractivity contribution >= 4 is 13.8 Å². The first-order valence-corrected chi connectivity index (χ1v) is 22.3. The minimum Gasteiger partial charge on any atom is -0.756 e. The van der Waals surface area contributed by atoms with Gasteiger partial charge in [-0.2, -0.15) is 0 Å². The van der Waals surface area contributed by atoms with Gasteiger partial charge in [0.2, 0.25) is 0 Å². The minimum absolute atomic E-state index is 0.0156. The summed E-state index contributed by atoms with van der Waals surface area (Å²) < 4.78 is 34.4. The molecule has 0 saturated heterocycles. The molecule has 0 aromatic rings. The number of ether oxygens (including phenoxy) is 2. The predicted octanol–water partition coefficient (Wildman–Crippen LogP) is 11.4. The zero-order valence-electron chi connectivity index (χ0n) is 34.2. The second kappa shape index (κ2) is 36.4. The Bertz CT molecular complexity index is 973. The van der Waals surface area contributed by atoms with E-state index >= 15 is 0 Å². The summed E-state index contributed by atoms with van der Waals surface area (Å²) in [5.41, 5.74) is 0. The van der Waals surface area contributed by atoms with Crippen LogP contribution in [0.3, 0.4) is 0 Å². The van der Waals surface area contributed by atoms with Crippen molar-refractivity contribution in [3.05, 3.63) is 48.6 Å². The third-order valence-corrected chi connectivity index (χ3v) is 9.60. The molecule has 0 aliphatic carbocycles. The highest BCUT2D eigenvalue weighted by Gasteiger charge is 2.20. The number of carbonyl (C=O) groups excluding carboxylic acids is 1. The van der Waals surface area contributed by atoms with Gasteiger partial charge in [-0.15, -0.1) is 0 Å². The fourth-order valence-electron chi connectivity index (χ4n) is 5.36. The summed E-state index contributed by atoms with van der Waals surface area (Å²) in [7, 11) is 1.32. The molecule has 0 aliphatic heterocycles. The molecule has 0 saturated carbocycles. The third kappa shape index (κ3) is 39.7. The van der Waals surface area contributed by atoms with Crippen LogP contribution in [0, 0.1) is 0 Å². The number of hydrogen-bond acceptors (Lipinski definition) is 7. The van der Waals surface area contributed by atoms with Crippen LogP contribution in [-0.2, 0) is 27.9 Å². The highest BCUT2D eigenvalue weighted by atomic mass is 31.2. The summed E-state index contributed by atoms with van der Waals surface area (Å²) in [5, 5.41) is 0. The van der Waals surface area contributed by atoms with E-state index in [1.54, 1.807) is 0 Å². The average Bonchev–Trinajstić information content (AvgIpc) is 3.09. The molecule has 0 amide bonds. The van der Waals surface area contributed by atoms with Crippen LogP contribution < -0.4 is 4.89 Å². The summed E-state index contributed by atoms with van der Waals surface area (Å²) in [6, 6.07) is 0. The lowest BCUT2D eigenvalue weighted by atomic mass is 10.0. The van der Waals surface area contributed by atoms with Gasteiger partial charge in [0.15, 0.2) is 0 Å². The first-order valence-electron chi connectivity index (χ1n) is 20.9. The smallest absolute Gasteiger partial charge is 0.306 e. The fraction of sp³-hybridized carbons (Fsp3) is 0.791. The van der Waals surface area contributed by atoms with Crippen LogP contribution >= 0.6 is 7.82 Å². The Morgan fingerprint density at radius 2 is 1.06 bits per heavy atom. The number of unbranched alkanes of at least 4 members (excludes halogenated alkanes) is 16. The van der Waals surface area contributed by atoms with E-state index < -0.39 is 13.9 Å². The van der Waals surface area contributed by atoms with Crippen molar-refractivity contribution in [3.63, 3.8) is 0 Å². The molecular formula is C43H80NO7P. The number of rotatable bonds is 38. The first kappa shape index (κ1) is 50.5. The first-order chi connectivity index (χ1) is 25.1. The molecule has 0 N–H and O–H groups in total. The molecule has 0 radical (unpaired) electrons. The molecule has 0 heterocycles. The molecule has 9 heteroatoms. The second-order valence-electron chi connectivity index (χ2n) is 15.0. The summed E-state index contributed by atoms with van der Waals surface area (Å²) in [6.07, 6.45) is 42.7. The number of phosphoric acid groups is 1. The summed E-state index contributed by atoms with van der Waals surface area (Å²) in [5.74, 6) is -0.388. The van der Waals surface area contributed by atoms with Crippen LogP contribution in [0.2, 0.25) is 0 Å². The zero-order valence-corrected chi connectivity index (χ0v) is 35.1. The number of likely N-dealkylation sites (N-methyl/N-ethyl adjacent to an activating group) is 1. The highest BCUT2D eigenvalue weighted by molar-refractivity contribution is 7.45. The quantitative estimate of drug-likeness (QED) is 0.0204. The van der Waals surface area contributed by atoms with Crippen LogP contribution in [0.15, 0.2) is 48.6 Å². The number of hydrogen-bond donors (Lipinski definition) is 0. The van der Waals surface area contributed by atoms with Crippen molar-refractivity contribution in [1.29, 1.82) is 0 Å². The number of quaternary nitrogens is 1. The average molecular weight is 754 g/mol. The van der Waals surface area contributed by atoms with Crippen molar-refractivity contribution in [2.24, 2.45) is 0 Å². The van der Waals surface area contributed by atoms with Gasteiger partial charge in [-0.05, 0) is 51.4 Å². The van der Waals surface area contributed by atoms with Gasteiger partial charge in [-0.3, -0.25) is 9.36 Å². The van der Waals surface area contributed by atoms with Gasteiger partial charge in [0.1, 0.15) is 19.3 Å². The Morgan fingerprint density at radius 3 is 1.58 bits per heavy atom. The maximum atomic E-state index is 12.6. The van der Waals surface area contributed by atoms with Crippen molar-refractivity contribution < 1.29 is 37.3 Å². The van der Waals surface area contributed by atoms with Gasteiger partial charge >= 0.3 is 5.97 Å². The molecule has 1 unspecified atom stereocenters. The molecule has 0 aliphatic rings. The highest BCUT2D eigenvalue weighted by Crippen LogP contribution is 2.38. The van der Waals surface area contributed by atoms with Gasteiger partial charge in [0.25, 0.3) is 7.82 Å². The number of nitrogens with zero attached hydrogens (tertiary/aromatic N) is 1. The standard InChI is InChI=1S/C43H80NO7P/c1-6-8-10-12-14-16-18-20-21-22-23-24-26-28-30-32-34-36-43(45)51-42(41-50-52(46,47)49-39-37-44(3,4)5)40-48-38-35-33-31-29-27-25-19-17-15-13-11-9-7-2/h14,16,20-21,23-24,28,30,42H,6-13,15,17-19,22,25-27,29,31-41H2,1-5H3/b16-14-,21-20-,24-23-,30-28-/t42-/m1/s1. The van der Waals surface area contributed by atoms with Gasteiger partial charge in [-0.25, -0.2) is 0 Å². The third-order valence-electron chi connectivity index (χ3n) is 8.63. The van der Waals surface area contributed by atoms with Crippen LogP contribution in [0.25, 0.3) is 0 Å². The van der Waals surface area contributed by atoms with Crippen LogP contribution in [0.4, 0.5) is 0 Å². The predicted molar refractivity (Wildman–Crippen MR) is 217 cm³/mol. The molecular weight excluding hydrogens is 673 g/mol. The maximum Gasteiger partial charge on any atom is 0.306 e. The SMILES string of the molecule is CCCCC/C=C\C/C=C\C/C=C\C/C=C\CCCC(=O)O[C@H](COCCCCCCCCCCCCCCC)COP(=O)([O-])OCC[N+](C)(C)C. The number of phosphoric ester groups is 1. The van der Waals surface area contributed by atoms with E-state index in [2.05, 4.69) is 62.5 Å². The van der Waals surface area contributed by atoms with Crippen molar-refractivity contribution in [3.8, 4) is 0 Å². The van der Waals surface area contributed by atoms with E-state index in [0.29, 0.717) is 24.1 Å². The number of allylic oxidation sites excluding steroid dienone is 8. The van der Waals surface area contributed by atoms with Gasteiger partial charge in [-0.1, -0.05) is 152 Å². The number of esters is 1. The van der Waals surface area contributed by atoms with E-state index in [4.69, 9.17) is 18.5 Å². The van der Waals surface area contributed by atoms with E-state index in [9.17, 15) is 14.3 Å². The van der Waals surface area contributed by atoms with E-state index in [1.165, 1.54) is 96.3 Å². The summed E-state index contributed by atoms with van der Waals surface area (Å²) in [6.45, 7) is 5.31. The molecule has 0 fully saturated rings. The Morgan fingerprint density at radius 1 is 0.596 bits per heavy atom. The van der Waals surface area contributed by atoms with E-state index in [1.807, 2.05) is 21.1 Å². The van der Waals surface area contributed by atoms with Crippen molar-refractivity contribution in [1.82, 2.24) is 0 Å². The normalized spacial score (nSPS) is 14.3. The summed E-state index contributed by atoms with van der Waals surface area (Å²) >= 11 is 0. The van der Waals surface area contributed by atoms with E-state index in [0.717, 1.165) is 38.5 Å². The van der Waals surface area contributed by atoms with Gasteiger partial charge < -0.3 is 27.9 Å². The Kier molecular flexibility index (Phi) is 35.4. The summed E-state index contributed by atoms with van der Waals surface area (Å²) in [4.78, 5) is 25.0. The van der Waals surface area contributed by atoms with Crippen LogP contribution in [0.5, 0.6) is 0 Å². The van der Waals surface area contributed by atoms with Crippen LogP contribution in [0.1, 0.15) is 162 Å². The molecule has 0 spiro atoms. The topological polar surface area (TPSA) is 94.1 Å². The lowest BCUT2D eigenvalue weighted by Crippen LogP contribution is -2.37. The van der Waals surface area contributed by atoms with Crippen molar-refractivity contribution in [2.75, 3.05) is 54.1 Å². The molecule has 0 aromatic heterocycles. The minimum atomic E-state index is -4.53. The molecule has 8 nitrogen and oxygen atoms in total. The second-order valence-corrected chi connectivity index (χ2v) is 16.4. The lowest BCUT2D eigenvalue weighted by Gasteiger charge is -2.28. The fourth-order valence-corrected chi connectivity index (χ4v) is 6.09. The van der Waals surface area contributed by atoms with Gasteiger partial charge in [0.05, 0.1) is 34.4 Å².